The van der Waals surface area contributed by atoms with Crippen LogP contribution in [0.2, 0.25) is 0 Å². The maximum atomic E-state index is 9.60. The van der Waals surface area contributed by atoms with Gasteiger partial charge in [-0.15, -0.1) is 11.3 Å². The van der Waals surface area contributed by atoms with E-state index in [1.165, 1.54) is 11.3 Å². The molecule has 0 amide bonds. The lowest BCUT2D eigenvalue weighted by atomic mass is 10.1. The lowest BCUT2D eigenvalue weighted by Crippen LogP contribution is -1.97. The first-order chi connectivity index (χ1) is 11.7. The Labute approximate surface area is 153 Å². The fraction of sp³-hybridized carbons (Fsp3) is 0.158. The number of hydrogen-bond acceptors (Lipinski definition) is 4. The lowest BCUT2D eigenvalue weighted by molar-refractivity contribution is 0.317. The molecule has 5 heteroatoms. The number of aromatic nitrogens is 1. The first kappa shape index (κ1) is 16.7. The van der Waals surface area contributed by atoms with Crippen molar-refractivity contribution in [1.29, 1.82) is 5.26 Å². The molecule has 0 N–H and O–H groups in total. The summed E-state index contributed by atoms with van der Waals surface area (Å²) < 4.78 is 7.81. The summed E-state index contributed by atoms with van der Waals surface area (Å²) in [4.78, 5) is 4.57. The van der Waals surface area contributed by atoms with Crippen LogP contribution in [0.25, 0.3) is 21.9 Å². The zero-order valence-electron chi connectivity index (χ0n) is 13.1. The second-order valence-electron chi connectivity index (χ2n) is 5.19. The second kappa shape index (κ2) is 7.61. The van der Waals surface area contributed by atoms with E-state index < -0.39 is 0 Å². The fourth-order valence-corrected chi connectivity index (χ4v) is 3.57. The summed E-state index contributed by atoms with van der Waals surface area (Å²) in [7, 11) is 0. The van der Waals surface area contributed by atoms with Crippen molar-refractivity contribution in [3.8, 4) is 11.8 Å². The molecule has 0 fully saturated rings. The average Bonchev–Trinajstić information content (AvgIpc) is 3.02. The summed E-state index contributed by atoms with van der Waals surface area (Å²) in [5.41, 5.74) is 2.32. The Bertz CT molecular complexity index is 907. The van der Waals surface area contributed by atoms with Crippen molar-refractivity contribution in [3.63, 3.8) is 0 Å². The predicted octanol–water partition coefficient (Wildman–Crippen LogP) is 5.91. The summed E-state index contributed by atoms with van der Waals surface area (Å²) in [5, 5.41) is 10.3. The topological polar surface area (TPSA) is 45.9 Å². The number of fused-ring (bicyclic) bond motifs is 1. The smallest absolute Gasteiger partial charge is 0.135 e. The monoisotopic (exact) mass is 398 g/mol. The average molecular weight is 399 g/mol. The molecular formula is C19H15BrN2OS. The summed E-state index contributed by atoms with van der Waals surface area (Å²) >= 11 is 5.00. The Morgan fingerprint density at radius 2 is 2.17 bits per heavy atom. The SMILES string of the molecule is CCCOc1ccc(Br)cc1/C=C(\C#N)c1nc2ccccc2s1. The molecule has 0 atom stereocenters. The Hall–Kier alpha value is -2.16. The quantitative estimate of drug-likeness (QED) is 0.501. The van der Waals surface area contributed by atoms with E-state index in [1.807, 2.05) is 48.5 Å². The van der Waals surface area contributed by atoms with Crippen molar-refractivity contribution in [2.75, 3.05) is 6.61 Å². The van der Waals surface area contributed by atoms with Gasteiger partial charge in [-0.3, -0.25) is 0 Å². The van der Waals surface area contributed by atoms with Gasteiger partial charge in [-0.2, -0.15) is 5.26 Å². The van der Waals surface area contributed by atoms with Crippen LogP contribution >= 0.6 is 27.3 Å². The molecule has 2 aromatic carbocycles. The van der Waals surface area contributed by atoms with Gasteiger partial charge in [0.2, 0.25) is 0 Å². The van der Waals surface area contributed by atoms with Crippen LogP contribution in [-0.4, -0.2) is 11.6 Å². The molecule has 0 unspecified atom stereocenters. The van der Waals surface area contributed by atoms with Gasteiger partial charge in [-0.1, -0.05) is 35.0 Å². The van der Waals surface area contributed by atoms with E-state index in [4.69, 9.17) is 4.74 Å². The molecular weight excluding hydrogens is 384 g/mol. The standard InChI is InChI=1S/C19H15BrN2OS/c1-2-9-23-17-8-7-15(20)11-13(17)10-14(12-21)19-22-16-5-3-4-6-18(16)24-19/h3-8,10-11H,2,9H2,1H3/b14-10+. The summed E-state index contributed by atoms with van der Waals surface area (Å²) in [6.07, 6.45) is 2.77. The lowest BCUT2D eigenvalue weighted by Gasteiger charge is -2.09. The van der Waals surface area contributed by atoms with Crippen LogP contribution in [0.1, 0.15) is 23.9 Å². The number of thiazole rings is 1. The van der Waals surface area contributed by atoms with Gasteiger partial charge in [0.15, 0.2) is 0 Å². The second-order valence-corrected chi connectivity index (χ2v) is 7.13. The maximum absolute atomic E-state index is 9.60. The van der Waals surface area contributed by atoms with Crippen LogP contribution in [0, 0.1) is 11.3 Å². The summed E-state index contributed by atoms with van der Waals surface area (Å²) in [6.45, 7) is 2.71. The Kier molecular flexibility index (Phi) is 5.29. The number of nitrogens with zero attached hydrogens (tertiary/aromatic N) is 2. The number of allylic oxidation sites excluding steroid dienone is 1. The van der Waals surface area contributed by atoms with E-state index in [2.05, 4.69) is 33.9 Å². The normalized spacial score (nSPS) is 11.5. The molecule has 0 aliphatic carbocycles. The van der Waals surface area contributed by atoms with Crippen LogP contribution in [0.3, 0.4) is 0 Å². The molecule has 120 valence electrons. The largest absolute Gasteiger partial charge is 0.493 e. The zero-order chi connectivity index (χ0) is 16.9. The number of hydrogen-bond donors (Lipinski definition) is 0. The molecule has 3 rings (SSSR count). The molecule has 0 radical (unpaired) electrons. The predicted molar refractivity (Wildman–Crippen MR) is 103 cm³/mol. The van der Waals surface area contributed by atoms with Crippen LogP contribution in [0.4, 0.5) is 0 Å². The van der Waals surface area contributed by atoms with Crippen molar-refractivity contribution < 1.29 is 4.74 Å². The molecule has 0 spiro atoms. The van der Waals surface area contributed by atoms with E-state index in [1.54, 1.807) is 0 Å². The molecule has 1 aromatic heterocycles. The van der Waals surface area contributed by atoms with Gasteiger partial charge in [0.05, 0.1) is 22.4 Å². The van der Waals surface area contributed by atoms with Crippen molar-refractivity contribution in [2.45, 2.75) is 13.3 Å². The molecule has 0 saturated heterocycles. The van der Waals surface area contributed by atoms with E-state index in [9.17, 15) is 5.26 Å². The Balaban J connectivity index is 2.04. The molecule has 0 aliphatic heterocycles. The first-order valence-electron chi connectivity index (χ1n) is 7.61. The van der Waals surface area contributed by atoms with Gasteiger partial charge in [0.25, 0.3) is 0 Å². The van der Waals surface area contributed by atoms with Crippen LogP contribution < -0.4 is 4.74 Å². The van der Waals surface area contributed by atoms with Crippen molar-refractivity contribution in [2.24, 2.45) is 0 Å². The third kappa shape index (κ3) is 3.66. The van der Waals surface area contributed by atoms with Gasteiger partial charge in [-0.05, 0) is 42.8 Å². The minimum Gasteiger partial charge on any atom is -0.493 e. The first-order valence-corrected chi connectivity index (χ1v) is 9.22. The molecule has 0 bridgehead atoms. The molecule has 1 heterocycles. The molecule has 24 heavy (non-hydrogen) atoms. The number of halogens is 1. The van der Waals surface area contributed by atoms with Crippen molar-refractivity contribution in [3.05, 3.63) is 57.5 Å². The molecule has 0 aliphatic rings. The highest BCUT2D eigenvalue weighted by Crippen LogP contribution is 2.31. The fourth-order valence-electron chi connectivity index (χ4n) is 2.26. The van der Waals surface area contributed by atoms with Crippen LogP contribution in [0.15, 0.2) is 46.9 Å². The minimum atomic E-state index is 0.538. The van der Waals surface area contributed by atoms with Gasteiger partial charge in [0.1, 0.15) is 16.8 Å². The Morgan fingerprint density at radius 3 is 2.92 bits per heavy atom. The Morgan fingerprint density at radius 1 is 1.33 bits per heavy atom. The van der Waals surface area contributed by atoms with Gasteiger partial charge < -0.3 is 4.74 Å². The number of para-hydroxylation sites is 1. The highest BCUT2D eigenvalue weighted by atomic mass is 79.9. The van der Waals surface area contributed by atoms with Gasteiger partial charge in [0, 0.05) is 10.0 Å². The summed E-state index contributed by atoms with van der Waals surface area (Å²) in [6, 6.07) is 16.0. The van der Waals surface area contributed by atoms with E-state index in [-0.39, 0.29) is 0 Å². The number of nitriles is 1. The third-order valence-electron chi connectivity index (χ3n) is 3.38. The highest BCUT2D eigenvalue weighted by Gasteiger charge is 2.10. The van der Waals surface area contributed by atoms with E-state index in [0.29, 0.717) is 12.2 Å². The van der Waals surface area contributed by atoms with E-state index >= 15 is 0 Å². The maximum Gasteiger partial charge on any atom is 0.135 e. The van der Waals surface area contributed by atoms with Gasteiger partial charge in [-0.25, -0.2) is 4.98 Å². The van der Waals surface area contributed by atoms with Crippen LogP contribution in [0.5, 0.6) is 5.75 Å². The van der Waals surface area contributed by atoms with Crippen LogP contribution in [-0.2, 0) is 0 Å². The number of ether oxygens (including phenoxy) is 1. The van der Waals surface area contributed by atoms with Crippen molar-refractivity contribution in [1.82, 2.24) is 4.98 Å². The van der Waals surface area contributed by atoms with Gasteiger partial charge >= 0.3 is 0 Å². The molecule has 3 aromatic rings. The number of rotatable bonds is 5. The zero-order valence-corrected chi connectivity index (χ0v) is 15.5. The third-order valence-corrected chi connectivity index (χ3v) is 4.94. The van der Waals surface area contributed by atoms with E-state index in [0.717, 1.165) is 37.4 Å². The molecule has 3 nitrogen and oxygen atoms in total. The molecule has 0 saturated carbocycles. The van der Waals surface area contributed by atoms with Crippen molar-refractivity contribution >= 4 is 49.1 Å². The number of benzene rings is 2. The highest BCUT2D eigenvalue weighted by molar-refractivity contribution is 9.10. The minimum absolute atomic E-state index is 0.538. The summed E-state index contributed by atoms with van der Waals surface area (Å²) in [5.74, 6) is 0.772.